The summed E-state index contributed by atoms with van der Waals surface area (Å²) in [6, 6.07) is 0. The van der Waals surface area contributed by atoms with Crippen molar-refractivity contribution in [2.75, 3.05) is 6.54 Å². The lowest BCUT2D eigenvalue weighted by Crippen LogP contribution is -2.40. The Bertz CT molecular complexity index is 378. The van der Waals surface area contributed by atoms with Crippen LogP contribution < -0.4 is 5.32 Å². The van der Waals surface area contributed by atoms with Crippen molar-refractivity contribution in [2.24, 2.45) is 23.7 Å². The SMILES string of the molecule is CC1CCCC1CNC(=O)[C@@H]1CC=CC[C@@H]1C(=O)O. The number of aliphatic carboxylic acids is 1. The summed E-state index contributed by atoms with van der Waals surface area (Å²) in [7, 11) is 0. The molecule has 1 saturated carbocycles. The number of hydrogen-bond donors (Lipinski definition) is 2. The van der Waals surface area contributed by atoms with E-state index < -0.39 is 17.8 Å². The van der Waals surface area contributed by atoms with Gasteiger partial charge in [-0.1, -0.05) is 31.9 Å². The van der Waals surface area contributed by atoms with Crippen molar-refractivity contribution >= 4 is 11.9 Å². The van der Waals surface area contributed by atoms with E-state index in [4.69, 9.17) is 5.11 Å². The maximum Gasteiger partial charge on any atom is 0.307 e. The van der Waals surface area contributed by atoms with E-state index in [1.54, 1.807) is 0 Å². The standard InChI is InChI=1S/C15H23NO3/c1-10-5-4-6-11(10)9-16-14(17)12-7-2-3-8-13(12)15(18)19/h2-3,10-13H,4-9H2,1H3,(H,16,17)(H,18,19)/t10?,11?,12-,13+/m1/s1. The number of rotatable bonds is 4. The third kappa shape index (κ3) is 3.37. The zero-order chi connectivity index (χ0) is 13.8. The van der Waals surface area contributed by atoms with Crippen LogP contribution in [0.4, 0.5) is 0 Å². The lowest BCUT2D eigenvalue weighted by molar-refractivity contribution is -0.147. The lowest BCUT2D eigenvalue weighted by Gasteiger charge is -2.25. The Kier molecular flexibility index (Phi) is 4.61. The molecule has 106 valence electrons. The molecule has 1 fully saturated rings. The number of hydrogen-bond acceptors (Lipinski definition) is 2. The largest absolute Gasteiger partial charge is 0.481 e. The predicted molar refractivity (Wildman–Crippen MR) is 72.5 cm³/mol. The van der Waals surface area contributed by atoms with E-state index in [1.165, 1.54) is 19.3 Å². The topological polar surface area (TPSA) is 66.4 Å². The summed E-state index contributed by atoms with van der Waals surface area (Å²) in [5, 5.41) is 12.1. The van der Waals surface area contributed by atoms with Crippen molar-refractivity contribution < 1.29 is 14.7 Å². The minimum Gasteiger partial charge on any atom is -0.481 e. The Morgan fingerprint density at radius 2 is 1.89 bits per heavy atom. The zero-order valence-corrected chi connectivity index (χ0v) is 11.5. The molecule has 0 saturated heterocycles. The predicted octanol–water partition coefficient (Wildman–Crippen LogP) is 2.21. The van der Waals surface area contributed by atoms with Gasteiger partial charge in [-0.25, -0.2) is 0 Å². The first-order valence-corrected chi connectivity index (χ1v) is 7.25. The third-order valence-corrected chi connectivity index (χ3v) is 4.66. The Balaban J connectivity index is 1.87. The normalized spacial score (nSPS) is 34.2. The van der Waals surface area contributed by atoms with Gasteiger partial charge in [0.05, 0.1) is 11.8 Å². The fourth-order valence-electron chi connectivity index (χ4n) is 3.27. The first-order valence-electron chi connectivity index (χ1n) is 7.25. The molecule has 2 unspecified atom stereocenters. The summed E-state index contributed by atoms with van der Waals surface area (Å²) in [6.07, 6.45) is 8.45. The zero-order valence-electron chi connectivity index (χ0n) is 11.5. The molecule has 2 aliphatic rings. The molecular weight excluding hydrogens is 242 g/mol. The molecular formula is C15H23NO3. The van der Waals surface area contributed by atoms with Crippen LogP contribution in [0.25, 0.3) is 0 Å². The molecule has 0 radical (unpaired) electrons. The summed E-state index contributed by atoms with van der Waals surface area (Å²) in [6.45, 7) is 2.93. The molecule has 0 heterocycles. The molecule has 0 aliphatic heterocycles. The van der Waals surface area contributed by atoms with Crippen molar-refractivity contribution in [1.82, 2.24) is 5.32 Å². The van der Waals surface area contributed by atoms with Gasteiger partial charge in [0.1, 0.15) is 0 Å². The third-order valence-electron chi connectivity index (χ3n) is 4.66. The molecule has 2 rings (SSSR count). The fourth-order valence-corrected chi connectivity index (χ4v) is 3.27. The number of nitrogens with one attached hydrogen (secondary N) is 1. The highest BCUT2D eigenvalue weighted by Gasteiger charge is 2.34. The molecule has 1 amide bonds. The average molecular weight is 265 g/mol. The maximum absolute atomic E-state index is 12.2. The van der Waals surface area contributed by atoms with Crippen molar-refractivity contribution in [2.45, 2.75) is 39.0 Å². The molecule has 0 bridgehead atoms. The lowest BCUT2D eigenvalue weighted by atomic mass is 9.82. The van der Waals surface area contributed by atoms with Crippen LogP contribution in [0.2, 0.25) is 0 Å². The van der Waals surface area contributed by atoms with Gasteiger partial charge in [-0.15, -0.1) is 0 Å². The number of allylic oxidation sites excluding steroid dienone is 2. The highest BCUT2D eigenvalue weighted by molar-refractivity contribution is 5.85. The van der Waals surface area contributed by atoms with Gasteiger partial charge in [0.2, 0.25) is 5.91 Å². The second-order valence-corrected chi connectivity index (χ2v) is 5.91. The number of carbonyl (C=O) groups excluding carboxylic acids is 1. The molecule has 4 nitrogen and oxygen atoms in total. The van der Waals surface area contributed by atoms with Gasteiger partial charge in [-0.2, -0.15) is 0 Å². The van der Waals surface area contributed by atoms with Crippen LogP contribution in [-0.2, 0) is 9.59 Å². The fraction of sp³-hybridized carbons (Fsp3) is 0.733. The van der Waals surface area contributed by atoms with E-state index in [1.807, 2.05) is 12.2 Å². The van der Waals surface area contributed by atoms with Gasteiger partial charge in [0.15, 0.2) is 0 Å². The van der Waals surface area contributed by atoms with Crippen molar-refractivity contribution in [3.8, 4) is 0 Å². The van der Waals surface area contributed by atoms with E-state index in [0.29, 0.717) is 31.2 Å². The number of amides is 1. The van der Waals surface area contributed by atoms with Crippen LogP contribution in [0.15, 0.2) is 12.2 Å². The van der Waals surface area contributed by atoms with Crippen LogP contribution in [0.5, 0.6) is 0 Å². The summed E-state index contributed by atoms with van der Waals surface area (Å²) < 4.78 is 0. The molecule has 0 aromatic carbocycles. The number of carboxylic acids is 1. The molecule has 2 aliphatic carbocycles. The Morgan fingerprint density at radius 1 is 1.21 bits per heavy atom. The van der Waals surface area contributed by atoms with E-state index >= 15 is 0 Å². The maximum atomic E-state index is 12.2. The second-order valence-electron chi connectivity index (χ2n) is 5.91. The quantitative estimate of drug-likeness (QED) is 0.766. The van der Waals surface area contributed by atoms with Crippen molar-refractivity contribution in [3.05, 3.63) is 12.2 Å². The Labute approximate surface area is 114 Å². The van der Waals surface area contributed by atoms with Gasteiger partial charge in [0.25, 0.3) is 0 Å². The monoisotopic (exact) mass is 265 g/mol. The highest BCUT2D eigenvalue weighted by Crippen LogP contribution is 2.31. The van der Waals surface area contributed by atoms with E-state index in [9.17, 15) is 9.59 Å². The molecule has 19 heavy (non-hydrogen) atoms. The number of carboxylic acid groups (broad SMARTS) is 1. The minimum absolute atomic E-state index is 0.0872. The molecule has 0 spiro atoms. The molecule has 2 N–H and O–H groups in total. The van der Waals surface area contributed by atoms with Crippen LogP contribution in [0.3, 0.4) is 0 Å². The average Bonchev–Trinajstić information content (AvgIpc) is 2.81. The summed E-state index contributed by atoms with van der Waals surface area (Å²) in [4.78, 5) is 23.3. The molecule has 4 atom stereocenters. The van der Waals surface area contributed by atoms with Crippen LogP contribution >= 0.6 is 0 Å². The van der Waals surface area contributed by atoms with E-state index in [2.05, 4.69) is 12.2 Å². The summed E-state index contributed by atoms with van der Waals surface area (Å²) >= 11 is 0. The second kappa shape index (κ2) is 6.22. The highest BCUT2D eigenvalue weighted by atomic mass is 16.4. The van der Waals surface area contributed by atoms with Crippen LogP contribution in [0, 0.1) is 23.7 Å². The number of carbonyl (C=O) groups is 2. The molecule has 4 heteroatoms. The van der Waals surface area contributed by atoms with Crippen molar-refractivity contribution in [3.63, 3.8) is 0 Å². The Hall–Kier alpha value is -1.32. The van der Waals surface area contributed by atoms with Crippen molar-refractivity contribution in [1.29, 1.82) is 0 Å². The van der Waals surface area contributed by atoms with E-state index in [0.717, 1.165) is 0 Å². The first kappa shape index (κ1) is 14.1. The van der Waals surface area contributed by atoms with Gasteiger partial charge >= 0.3 is 5.97 Å². The van der Waals surface area contributed by atoms with Gasteiger partial charge in [-0.05, 0) is 31.1 Å². The van der Waals surface area contributed by atoms with Gasteiger partial charge in [0, 0.05) is 6.54 Å². The van der Waals surface area contributed by atoms with Crippen LogP contribution in [0.1, 0.15) is 39.0 Å². The summed E-state index contributed by atoms with van der Waals surface area (Å²) in [5.41, 5.74) is 0. The van der Waals surface area contributed by atoms with Gasteiger partial charge < -0.3 is 10.4 Å². The van der Waals surface area contributed by atoms with Gasteiger partial charge in [-0.3, -0.25) is 9.59 Å². The van der Waals surface area contributed by atoms with Crippen LogP contribution in [-0.4, -0.2) is 23.5 Å². The molecule has 0 aromatic heterocycles. The Morgan fingerprint density at radius 3 is 2.47 bits per heavy atom. The smallest absolute Gasteiger partial charge is 0.307 e. The summed E-state index contributed by atoms with van der Waals surface area (Å²) in [5.74, 6) is -0.687. The molecule has 0 aromatic rings. The minimum atomic E-state index is -0.862. The van der Waals surface area contributed by atoms with E-state index in [-0.39, 0.29) is 5.91 Å². The first-order chi connectivity index (χ1) is 9.09.